The molecule has 2 rings (SSSR count). The zero-order valence-electron chi connectivity index (χ0n) is 17.8. The van der Waals surface area contributed by atoms with Gasteiger partial charge in [-0.05, 0) is 63.1 Å². The number of rotatable bonds is 9. The van der Waals surface area contributed by atoms with Gasteiger partial charge in [0.2, 0.25) is 5.91 Å². The van der Waals surface area contributed by atoms with Gasteiger partial charge in [0.25, 0.3) is 0 Å². The summed E-state index contributed by atoms with van der Waals surface area (Å²) in [4.78, 5) is 23.5. The number of hydrazone groups is 1. The topological polar surface area (TPSA) is 77.0 Å². The summed E-state index contributed by atoms with van der Waals surface area (Å²) in [6.45, 7) is 7.32. The van der Waals surface area contributed by atoms with Crippen LogP contribution in [0.15, 0.2) is 53.6 Å². The first kappa shape index (κ1) is 23.5. The van der Waals surface area contributed by atoms with Gasteiger partial charge in [-0.3, -0.25) is 4.79 Å². The average Bonchev–Trinajstić information content (AvgIpc) is 2.68. The Labute approximate surface area is 182 Å². The van der Waals surface area contributed by atoms with Gasteiger partial charge in [-0.25, -0.2) is 10.2 Å². The lowest BCUT2D eigenvalue weighted by molar-refractivity contribution is -0.157. The monoisotopic (exact) mass is 428 g/mol. The van der Waals surface area contributed by atoms with Crippen LogP contribution >= 0.6 is 11.8 Å². The van der Waals surface area contributed by atoms with Gasteiger partial charge < -0.3 is 9.47 Å². The Kier molecular flexibility index (Phi) is 8.92. The second-order valence-electron chi connectivity index (χ2n) is 7.72. The Bertz CT molecular complexity index is 856. The Morgan fingerprint density at radius 3 is 2.37 bits per heavy atom. The maximum absolute atomic E-state index is 11.9. The molecule has 1 N–H and O–H groups in total. The molecule has 0 bridgehead atoms. The maximum Gasteiger partial charge on any atom is 0.344 e. The molecule has 0 radical (unpaired) electrons. The van der Waals surface area contributed by atoms with E-state index in [2.05, 4.69) is 34.8 Å². The number of hydrogen-bond donors (Lipinski definition) is 1. The third-order valence-electron chi connectivity index (χ3n) is 3.68. The number of amides is 1. The molecule has 0 saturated carbocycles. The fourth-order valence-electron chi connectivity index (χ4n) is 2.32. The van der Waals surface area contributed by atoms with Crippen molar-refractivity contribution in [3.05, 3.63) is 65.2 Å². The summed E-state index contributed by atoms with van der Waals surface area (Å²) >= 11 is 1.54. The van der Waals surface area contributed by atoms with Gasteiger partial charge in [0.15, 0.2) is 6.61 Å². The number of aryl methyl sites for hydroxylation is 1. The molecule has 0 heterocycles. The Balaban J connectivity index is 1.68. The molecule has 0 atom stereocenters. The number of carbonyl (C=O) groups is 2. The summed E-state index contributed by atoms with van der Waals surface area (Å²) in [5, 5.41) is 3.97. The van der Waals surface area contributed by atoms with E-state index in [1.807, 2.05) is 6.92 Å². The van der Waals surface area contributed by atoms with E-state index in [9.17, 15) is 9.59 Å². The van der Waals surface area contributed by atoms with Crippen molar-refractivity contribution in [3.63, 3.8) is 0 Å². The van der Waals surface area contributed by atoms with Gasteiger partial charge in [-0.2, -0.15) is 5.10 Å². The van der Waals surface area contributed by atoms with Crippen molar-refractivity contribution < 1.29 is 19.1 Å². The normalized spacial score (nSPS) is 11.3. The van der Waals surface area contributed by atoms with E-state index in [1.54, 1.807) is 51.3 Å². The highest BCUT2D eigenvalue weighted by molar-refractivity contribution is 7.99. The molecule has 1 amide bonds. The van der Waals surface area contributed by atoms with Crippen LogP contribution in [-0.4, -0.2) is 36.1 Å². The van der Waals surface area contributed by atoms with Gasteiger partial charge in [0, 0.05) is 5.75 Å². The molecule has 0 aliphatic carbocycles. The first-order chi connectivity index (χ1) is 14.2. The fraction of sp³-hybridized carbons (Fsp3) is 0.348. The Morgan fingerprint density at radius 1 is 1.07 bits per heavy atom. The van der Waals surface area contributed by atoms with Gasteiger partial charge in [-0.1, -0.05) is 29.8 Å². The van der Waals surface area contributed by atoms with Crippen LogP contribution in [0, 0.1) is 6.92 Å². The highest BCUT2D eigenvalue weighted by Crippen LogP contribution is 2.14. The number of thioether (sulfide) groups is 1. The molecule has 7 heteroatoms. The van der Waals surface area contributed by atoms with Crippen molar-refractivity contribution >= 4 is 29.9 Å². The standard InChI is InChI=1S/C23H28N2O4S/c1-17-5-7-19(8-6-17)15-30-16-21(26)25-24-13-18-9-11-20(12-10-18)28-14-22(27)29-23(2,3)4/h5-13H,14-16H2,1-4H3,(H,25,26)/b24-13+. The molecule has 0 aromatic heterocycles. The Morgan fingerprint density at radius 2 is 1.73 bits per heavy atom. The number of nitrogens with one attached hydrogen (secondary N) is 1. The van der Waals surface area contributed by atoms with E-state index in [1.165, 1.54) is 22.9 Å². The van der Waals surface area contributed by atoms with E-state index >= 15 is 0 Å². The van der Waals surface area contributed by atoms with Crippen LogP contribution in [0.25, 0.3) is 0 Å². The van der Waals surface area contributed by atoms with Crippen LogP contribution in [0.1, 0.15) is 37.5 Å². The summed E-state index contributed by atoms with van der Waals surface area (Å²) in [5.41, 5.74) is 5.19. The molecule has 0 saturated heterocycles. The number of nitrogens with zero attached hydrogens (tertiary/aromatic N) is 1. The van der Waals surface area contributed by atoms with Crippen LogP contribution in [0.3, 0.4) is 0 Å². The molecular formula is C23H28N2O4S. The van der Waals surface area contributed by atoms with Gasteiger partial charge >= 0.3 is 5.97 Å². The second kappa shape index (κ2) is 11.4. The molecule has 30 heavy (non-hydrogen) atoms. The van der Waals surface area contributed by atoms with Gasteiger partial charge in [0.1, 0.15) is 11.4 Å². The first-order valence-electron chi connectivity index (χ1n) is 9.61. The van der Waals surface area contributed by atoms with Crippen molar-refractivity contribution in [2.45, 2.75) is 39.0 Å². The lowest BCUT2D eigenvalue weighted by Crippen LogP contribution is -2.27. The third-order valence-corrected chi connectivity index (χ3v) is 4.69. The van der Waals surface area contributed by atoms with Crippen molar-refractivity contribution in [3.8, 4) is 5.75 Å². The van der Waals surface area contributed by atoms with E-state index < -0.39 is 11.6 Å². The summed E-state index contributed by atoms with van der Waals surface area (Å²) in [5.74, 6) is 1.09. The minimum Gasteiger partial charge on any atom is -0.482 e. The van der Waals surface area contributed by atoms with E-state index in [0.717, 1.165) is 11.3 Å². The first-order valence-corrected chi connectivity index (χ1v) is 10.8. The molecular weight excluding hydrogens is 400 g/mol. The van der Waals surface area contributed by atoms with Crippen LogP contribution in [0.2, 0.25) is 0 Å². The SMILES string of the molecule is Cc1ccc(CSCC(=O)N/N=C/c2ccc(OCC(=O)OC(C)(C)C)cc2)cc1. The largest absolute Gasteiger partial charge is 0.482 e. The maximum atomic E-state index is 11.9. The third kappa shape index (κ3) is 9.60. The number of hydrogen-bond acceptors (Lipinski definition) is 6. The quantitative estimate of drug-likeness (QED) is 0.370. The number of ether oxygens (including phenoxy) is 2. The van der Waals surface area contributed by atoms with Gasteiger partial charge in [0.05, 0.1) is 12.0 Å². The lowest BCUT2D eigenvalue weighted by Gasteiger charge is -2.19. The lowest BCUT2D eigenvalue weighted by atomic mass is 10.2. The van der Waals surface area contributed by atoms with Crippen LogP contribution in [-0.2, 0) is 20.1 Å². The van der Waals surface area contributed by atoms with E-state index in [-0.39, 0.29) is 12.5 Å². The molecule has 2 aromatic carbocycles. The molecule has 160 valence electrons. The van der Waals surface area contributed by atoms with Crippen molar-refractivity contribution in [1.29, 1.82) is 0 Å². The number of esters is 1. The second-order valence-corrected chi connectivity index (χ2v) is 8.70. The highest BCUT2D eigenvalue weighted by atomic mass is 32.2. The Hall–Kier alpha value is -2.80. The predicted octanol–water partition coefficient (Wildman–Crippen LogP) is 4.10. The molecule has 0 aliphatic heterocycles. The fourth-order valence-corrected chi connectivity index (χ4v) is 3.10. The van der Waals surface area contributed by atoms with Crippen LogP contribution < -0.4 is 10.2 Å². The van der Waals surface area contributed by atoms with E-state index in [0.29, 0.717) is 11.5 Å². The van der Waals surface area contributed by atoms with Gasteiger partial charge in [-0.15, -0.1) is 11.8 Å². The molecule has 0 unspecified atom stereocenters. The summed E-state index contributed by atoms with van der Waals surface area (Å²) < 4.78 is 10.6. The zero-order chi connectivity index (χ0) is 22.0. The van der Waals surface area contributed by atoms with E-state index in [4.69, 9.17) is 9.47 Å². The highest BCUT2D eigenvalue weighted by Gasteiger charge is 2.16. The molecule has 0 aliphatic rings. The number of benzene rings is 2. The average molecular weight is 429 g/mol. The smallest absolute Gasteiger partial charge is 0.344 e. The zero-order valence-corrected chi connectivity index (χ0v) is 18.6. The molecule has 0 spiro atoms. The minimum absolute atomic E-state index is 0.152. The predicted molar refractivity (Wildman–Crippen MR) is 121 cm³/mol. The summed E-state index contributed by atoms with van der Waals surface area (Å²) in [7, 11) is 0. The van der Waals surface area contributed by atoms with Crippen molar-refractivity contribution in [1.82, 2.24) is 5.43 Å². The minimum atomic E-state index is -0.537. The summed E-state index contributed by atoms with van der Waals surface area (Å²) in [6, 6.07) is 15.3. The van der Waals surface area contributed by atoms with Crippen molar-refractivity contribution in [2.75, 3.05) is 12.4 Å². The molecule has 6 nitrogen and oxygen atoms in total. The number of carbonyl (C=O) groups excluding carboxylic acids is 2. The molecule has 2 aromatic rings. The van der Waals surface area contributed by atoms with Crippen LogP contribution in [0.5, 0.6) is 5.75 Å². The summed E-state index contributed by atoms with van der Waals surface area (Å²) in [6.07, 6.45) is 1.56. The van der Waals surface area contributed by atoms with Crippen LogP contribution in [0.4, 0.5) is 0 Å². The molecule has 0 fully saturated rings. The van der Waals surface area contributed by atoms with Crippen molar-refractivity contribution in [2.24, 2.45) is 5.10 Å².